The summed E-state index contributed by atoms with van der Waals surface area (Å²) in [6, 6.07) is -0.449. The Hall–Kier alpha value is -1.30. The maximum atomic E-state index is 11.9. The van der Waals surface area contributed by atoms with E-state index in [-0.39, 0.29) is 12.6 Å². The molecule has 0 unspecified atom stereocenters. The van der Waals surface area contributed by atoms with Crippen molar-refractivity contribution >= 4 is 12.0 Å². The predicted molar refractivity (Wildman–Crippen MR) is 66.0 cm³/mol. The first-order valence-electron chi connectivity index (χ1n) is 6.11. The number of carbonyl (C=O) groups is 2. The monoisotopic (exact) mass is 258 g/mol. The number of carbonyl (C=O) groups excluding carboxylic acids is 2. The Morgan fingerprint density at radius 2 is 2.06 bits per heavy atom. The van der Waals surface area contributed by atoms with Crippen LogP contribution in [0.3, 0.4) is 0 Å². The molecule has 0 bridgehead atoms. The highest BCUT2D eigenvalue weighted by molar-refractivity contribution is 5.86. The second-order valence-electron chi connectivity index (χ2n) is 5.31. The van der Waals surface area contributed by atoms with Crippen LogP contribution in [0.4, 0.5) is 4.79 Å². The molecule has 0 aromatic carbocycles. The Morgan fingerprint density at radius 3 is 2.61 bits per heavy atom. The van der Waals surface area contributed by atoms with Crippen LogP contribution < -0.4 is 5.32 Å². The quantitative estimate of drug-likeness (QED) is 0.770. The van der Waals surface area contributed by atoms with Gasteiger partial charge in [0.05, 0.1) is 0 Å². The SMILES string of the molecule is COCNC(=O)[C@H]1CCCN1C(=O)OC(C)(C)C. The molecule has 1 aliphatic heterocycles. The third kappa shape index (κ3) is 4.18. The van der Waals surface area contributed by atoms with Gasteiger partial charge >= 0.3 is 6.09 Å². The lowest BCUT2D eigenvalue weighted by atomic mass is 10.2. The first-order chi connectivity index (χ1) is 8.35. The zero-order valence-electron chi connectivity index (χ0n) is 11.5. The van der Waals surface area contributed by atoms with Gasteiger partial charge in [-0.15, -0.1) is 0 Å². The third-order valence-electron chi connectivity index (χ3n) is 2.57. The molecule has 104 valence electrons. The van der Waals surface area contributed by atoms with Crippen molar-refractivity contribution in [3.05, 3.63) is 0 Å². The van der Waals surface area contributed by atoms with Gasteiger partial charge in [0.1, 0.15) is 18.4 Å². The van der Waals surface area contributed by atoms with Crippen molar-refractivity contribution in [2.75, 3.05) is 20.4 Å². The number of rotatable bonds is 3. The molecule has 18 heavy (non-hydrogen) atoms. The van der Waals surface area contributed by atoms with E-state index in [0.717, 1.165) is 6.42 Å². The summed E-state index contributed by atoms with van der Waals surface area (Å²) >= 11 is 0. The zero-order valence-corrected chi connectivity index (χ0v) is 11.5. The van der Waals surface area contributed by atoms with Gasteiger partial charge in [0.25, 0.3) is 0 Å². The summed E-state index contributed by atoms with van der Waals surface area (Å²) in [5.74, 6) is -0.194. The van der Waals surface area contributed by atoms with Crippen LogP contribution in [0.25, 0.3) is 0 Å². The normalized spacial score (nSPS) is 19.8. The molecule has 6 nitrogen and oxygen atoms in total. The molecule has 1 heterocycles. The van der Waals surface area contributed by atoms with Crippen molar-refractivity contribution in [1.82, 2.24) is 10.2 Å². The third-order valence-corrected chi connectivity index (χ3v) is 2.57. The lowest BCUT2D eigenvalue weighted by molar-refractivity contribution is -0.126. The molecule has 0 spiro atoms. The fourth-order valence-corrected chi connectivity index (χ4v) is 1.84. The van der Waals surface area contributed by atoms with E-state index in [1.807, 2.05) is 0 Å². The molecular formula is C12H22N2O4. The molecule has 1 aliphatic rings. The standard InChI is InChI=1S/C12H22N2O4/c1-12(2,3)18-11(16)14-7-5-6-9(14)10(15)13-8-17-4/h9H,5-8H2,1-4H3,(H,13,15)/t9-/m1/s1. The maximum Gasteiger partial charge on any atom is 0.410 e. The molecule has 0 aromatic heterocycles. The molecule has 1 N–H and O–H groups in total. The van der Waals surface area contributed by atoms with Gasteiger partial charge in [-0.1, -0.05) is 0 Å². The second-order valence-corrected chi connectivity index (χ2v) is 5.31. The lowest BCUT2D eigenvalue weighted by Gasteiger charge is -2.27. The summed E-state index contributed by atoms with van der Waals surface area (Å²) in [6.07, 6.45) is 1.04. The number of nitrogens with zero attached hydrogens (tertiary/aromatic N) is 1. The summed E-state index contributed by atoms with van der Waals surface area (Å²) in [5, 5.41) is 2.61. The van der Waals surface area contributed by atoms with E-state index in [4.69, 9.17) is 9.47 Å². The molecule has 1 fully saturated rings. The number of nitrogens with one attached hydrogen (secondary N) is 1. The van der Waals surface area contributed by atoms with Gasteiger partial charge in [-0.25, -0.2) is 4.79 Å². The Morgan fingerprint density at radius 1 is 1.39 bits per heavy atom. The van der Waals surface area contributed by atoms with Crippen LogP contribution in [0, 0.1) is 0 Å². The van der Waals surface area contributed by atoms with Gasteiger partial charge in [0, 0.05) is 13.7 Å². The van der Waals surface area contributed by atoms with E-state index in [0.29, 0.717) is 13.0 Å². The van der Waals surface area contributed by atoms with E-state index in [1.165, 1.54) is 12.0 Å². The molecule has 1 rings (SSSR count). The van der Waals surface area contributed by atoms with Gasteiger partial charge in [0.15, 0.2) is 0 Å². The summed E-state index contributed by atoms with van der Waals surface area (Å²) < 4.78 is 10.1. The average Bonchev–Trinajstić information content (AvgIpc) is 2.72. The van der Waals surface area contributed by atoms with Crippen LogP contribution in [0.15, 0.2) is 0 Å². The molecule has 0 aliphatic carbocycles. The van der Waals surface area contributed by atoms with Gasteiger partial charge < -0.3 is 14.8 Å². The lowest BCUT2D eigenvalue weighted by Crippen LogP contribution is -2.47. The van der Waals surface area contributed by atoms with Crippen LogP contribution in [0.1, 0.15) is 33.6 Å². The molecule has 1 atom stereocenters. The van der Waals surface area contributed by atoms with Crippen molar-refractivity contribution in [2.24, 2.45) is 0 Å². The first-order valence-corrected chi connectivity index (χ1v) is 6.11. The van der Waals surface area contributed by atoms with Crippen molar-refractivity contribution in [3.8, 4) is 0 Å². The van der Waals surface area contributed by atoms with E-state index in [2.05, 4.69) is 5.32 Å². The van der Waals surface area contributed by atoms with Crippen molar-refractivity contribution < 1.29 is 19.1 Å². The first kappa shape index (κ1) is 14.8. The summed E-state index contributed by atoms with van der Waals surface area (Å²) in [6.45, 7) is 6.13. The molecule has 1 saturated heterocycles. The molecule has 2 amide bonds. The Bertz CT molecular complexity index is 312. The molecule has 0 radical (unpaired) electrons. The molecular weight excluding hydrogens is 236 g/mol. The second kappa shape index (κ2) is 6.04. The van der Waals surface area contributed by atoms with Crippen LogP contribution in [0.2, 0.25) is 0 Å². The number of methoxy groups -OCH3 is 1. The highest BCUT2D eigenvalue weighted by Gasteiger charge is 2.36. The van der Waals surface area contributed by atoms with E-state index in [1.54, 1.807) is 20.8 Å². The van der Waals surface area contributed by atoms with Crippen LogP contribution in [0.5, 0.6) is 0 Å². The van der Waals surface area contributed by atoms with Crippen LogP contribution in [-0.4, -0.2) is 48.9 Å². The Balaban J connectivity index is 2.59. The van der Waals surface area contributed by atoms with Gasteiger partial charge in [0.2, 0.25) is 5.91 Å². The smallest absolute Gasteiger partial charge is 0.410 e. The topological polar surface area (TPSA) is 67.9 Å². The number of likely N-dealkylation sites (tertiary alicyclic amines) is 1. The van der Waals surface area contributed by atoms with E-state index < -0.39 is 17.7 Å². The molecule has 0 saturated carbocycles. The van der Waals surface area contributed by atoms with E-state index in [9.17, 15) is 9.59 Å². The minimum atomic E-state index is -0.548. The fraction of sp³-hybridized carbons (Fsp3) is 0.833. The Kier molecular flexibility index (Phi) is 4.95. The van der Waals surface area contributed by atoms with Gasteiger partial charge in [-0.05, 0) is 33.6 Å². The summed E-state index contributed by atoms with van der Waals surface area (Å²) in [5.41, 5.74) is -0.548. The molecule has 0 aromatic rings. The van der Waals surface area contributed by atoms with Gasteiger partial charge in [-0.2, -0.15) is 0 Å². The highest BCUT2D eigenvalue weighted by Crippen LogP contribution is 2.20. The minimum absolute atomic E-state index is 0.150. The number of hydrogen-bond acceptors (Lipinski definition) is 4. The molecule has 6 heteroatoms. The van der Waals surface area contributed by atoms with Crippen molar-refractivity contribution in [3.63, 3.8) is 0 Å². The van der Waals surface area contributed by atoms with Crippen LogP contribution in [-0.2, 0) is 14.3 Å². The van der Waals surface area contributed by atoms with Crippen LogP contribution >= 0.6 is 0 Å². The summed E-state index contributed by atoms with van der Waals surface area (Å²) in [4.78, 5) is 25.3. The fourth-order valence-electron chi connectivity index (χ4n) is 1.84. The number of ether oxygens (including phenoxy) is 2. The summed E-state index contributed by atoms with van der Waals surface area (Å²) in [7, 11) is 1.50. The Labute approximate surface area is 108 Å². The minimum Gasteiger partial charge on any atom is -0.444 e. The van der Waals surface area contributed by atoms with E-state index >= 15 is 0 Å². The largest absolute Gasteiger partial charge is 0.444 e. The number of amides is 2. The highest BCUT2D eigenvalue weighted by atomic mass is 16.6. The maximum absolute atomic E-state index is 11.9. The average molecular weight is 258 g/mol. The van der Waals surface area contributed by atoms with Crippen molar-refractivity contribution in [1.29, 1.82) is 0 Å². The predicted octanol–water partition coefficient (Wildman–Crippen LogP) is 1.11. The van der Waals surface area contributed by atoms with Gasteiger partial charge in [-0.3, -0.25) is 9.69 Å². The van der Waals surface area contributed by atoms with Crippen molar-refractivity contribution in [2.45, 2.75) is 45.3 Å². The zero-order chi connectivity index (χ0) is 13.8. The number of hydrogen-bond donors (Lipinski definition) is 1.